The molecule has 0 saturated heterocycles. The highest BCUT2D eigenvalue weighted by atomic mass is 32.1. The minimum Gasteiger partial charge on any atom is -0.379 e. The largest absolute Gasteiger partial charge is 0.443 e. The number of rotatable bonds is 1. The average molecular weight is 313 g/mol. The van der Waals surface area contributed by atoms with Crippen LogP contribution in [0.1, 0.15) is 46.7 Å². The van der Waals surface area contributed by atoms with Gasteiger partial charge in [0.05, 0.1) is 4.88 Å². The fourth-order valence-electron chi connectivity index (χ4n) is 2.87. The maximum atomic E-state index is 12.7. The van der Waals surface area contributed by atoms with Crippen molar-refractivity contribution < 1.29 is 18.3 Å². The molecule has 0 radical (unpaired) electrons. The normalized spacial score (nSPS) is 25.7. The van der Waals surface area contributed by atoms with E-state index in [2.05, 4.69) is 11.9 Å². The Balaban J connectivity index is 2.10. The van der Waals surface area contributed by atoms with Gasteiger partial charge < -0.3 is 5.11 Å². The Kier molecular flexibility index (Phi) is 3.33. The monoisotopic (exact) mass is 313 g/mol. The number of hydrogen-bond donors (Lipinski definition) is 1. The third kappa shape index (κ3) is 2.36. The third-order valence-corrected chi connectivity index (χ3v) is 5.23. The van der Waals surface area contributed by atoms with E-state index in [0.717, 1.165) is 18.2 Å². The molecule has 6 heteroatoms. The van der Waals surface area contributed by atoms with Gasteiger partial charge in [0.1, 0.15) is 5.60 Å². The molecule has 2 aromatic rings. The van der Waals surface area contributed by atoms with Crippen molar-refractivity contribution in [3.05, 3.63) is 51.5 Å². The molecule has 1 heterocycles. The van der Waals surface area contributed by atoms with Gasteiger partial charge in [0.15, 0.2) is 5.01 Å². The molecule has 0 bridgehead atoms. The Hall–Kier alpha value is -1.40. The van der Waals surface area contributed by atoms with Gasteiger partial charge in [-0.1, -0.05) is 31.2 Å². The molecule has 3 rings (SSSR count). The topological polar surface area (TPSA) is 33.1 Å². The molecular weight excluding hydrogens is 299 g/mol. The Morgan fingerprint density at radius 3 is 2.71 bits per heavy atom. The zero-order valence-corrected chi connectivity index (χ0v) is 12.1. The molecule has 112 valence electrons. The minimum atomic E-state index is -4.47. The van der Waals surface area contributed by atoms with E-state index >= 15 is 0 Å². The number of aliphatic hydroxyl groups is 1. The van der Waals surface area contributed by atoms with E-state index in [9.17, 15) is 18.3 Å². The van der Waals surface area contributed by atoms with Crippen molar-refractivity contribution in [3.8, 4) is 0 Å². The predicted molar refractivity (Wildman–Crippen MR) is 74.2 cm³/mol. The zero-order chi connectivity index (χ0) is 15.3. The van der Waals surface area contributed by atoms with Crippen LogP contribution in [-0.4, -0.2) is 10.1 Å². The summed E-state index contributed by atoms with van der Waals surface area (Å²) in [5.41, 5.74) is 0.318. The molecule has 1 aromatic carbocycles. The summed E-state index contributed by atoms with van der Waals surface area (Å²) >= 11 is 0.524. The van der Waals surface area contributed by atoms with Crippen LogP contribution in [0.25, 0.3) is 0 Å². The van der Waals surface area contributed by atoms with Crippen molar-refractivity contribution >= 4 is 11.3 Å². The van der Waals surface area contributed by atoms with Crippen LogP contribution in [0, 0.1) is 0 Å². The summed E-state index contributed by atoms with van der Waals surface area (Å²) in [5, 5.41) is 10.1. The summed E-state index contributed by atoms with van der Waals surface area (Å²) < 4.78 is 38.2. The summed E-state index contributed by atoms with van der Waals surface area (Å²) in [6.45, 7) is 2.06. The van der Waals surface area contributed by atoms with Crippen molar-refractivity contribution in [3.63, 3.8) is 0 Å². The number of alkyl halides is 3. The average Bonchev–Trinajstić information content (AvgIpc) is 2.94. The van der Waals surface area contributed by atoms with E-state index < -0.39 is 16.8 Å². The second-order valence-electron chi connectivity index (χ2n) is 5.41. The Morgan fingerprint density at radius 1 is 1.33 bits per heavy atom. The molecule has 0 aliphatic heterocycles. The van der Waals surface area contributed by atoms with Gasteiger partial charge in [-0.05, 0) is 29.9 Å². The second-order valence-corrected chi connectivity index (χ2v) is 6.45. The molecule has 2 atom stereocenters. The van der Waals surface area contributed by atoms with Crippen LogP contribution in [0.5, 0.6) is 0 Å². The quantitative estimate of drug-likeness (QED) is 0.851. The number of aromatic nitrogens is 1. The van der Waals surface area contributed by atoms with Gasteiger partial charge in [-0.15, -0.1) is 11.3 Å². The molecule has 1 aromatic heterocycles. The van der Waals surface area contributed by atoms with Crippen molar-refractivity contribution in [2.24, 2.45) is 0 Å². The number of fused-ring (bicyclic) bond motifs is 1. The zero-order valence-electron chi connectivity index (χ0n) is 11.3. The summed E-state index contributed by atoms with van der Waals surface area (Å²) in [4.78, 5) is 3.69. The van der Waals surface area contributed by atoms with E-state index in [0.29, 0.717) is 23.3 Å². The SMILES string of the molecule is CC1CCC(O)(c2cnc(C(F)(F)F)s2)c2ccccc21. The van der Waals surface area contributed by atoms with Crippen LogP contribution in [0.2, 0.25) is 0 Å². The fraction of sp³-hybridized carbons (Fsp3) is 0.400. The lowest BCUT2D eigenvalue weighted by Crippen LogP contribution is -2.32. The first-order chi connectivity index (χ1) is 9.82. The molecule has 21 heavy (non-hydrogen) atoms. The van der Waals surface area contributed by atoms with Crippen LogP contribution >= 0.6 is 11.3 Å². The lowest BCUT2D eigenvalue weighted by Gasteiger charge is -2.36. The second kappa shape index (κ2) is 4.81. The van der Waals surface area contributed by atoms with Gasteiger partial charge in [-0.2, -0.15) is 13.2 Å². The van der Waals surface area contributed by atoms with Gasteiger partial charge in [-0.25, -0.2) is 4.98 Å². The van der Waals surface area contributed by atoms with E-state index in [4.69, 9.17) is 0 Å². The van der Waals surface area contributed by atoms with E-state index in [-0.39, 0.29) is 10.8 Å². The summed E-state index contributed by atoms with van der Waals surface area (Å²) in [7, 11) is 0. The van der Waals surface area contributed by atoms with Crippen LogP contribution in [-0.2, 0) is 11.8 Å². The molecule has 0 spiro atoms. The first-order valence-electron chi connectivity index (χ1n) is 6.67. The smallest absolute Gasteiger partial charge is 0.379 e. The van der Waals surface area contributed by atoms with Gasteiger partial charge in [0, 0.05) is 6.20 Å². The van der Waals surface area contributed by atoms with Gasteiger partial charge in [0.2, 0.25) is 0 Å². The minimum absolute atomic E-state index is 0.258. The van der Waals surface area contributed by atoms with Gasteiger partial charge in [0.25, 0.3) is 0 Å². The van der Waals surface area contributed by atoms with Crippen LogP contribution in [0.3, 0.4) is 0 Å². The Bertz CT molecular complexity index is 667. The Labute approximate surface area is 124 Å². The first kappa shape index (κ1) is 14.5. The number of benzene rings is 1. The standard InChI is InChI=1S/C15H14F3NOS/c1-9-6-7-14(20,11-5-3-2-4-10(9)11)12-8-19-13(21-12)15(16,17)18/h2-5,8-9,20H,6-7H2,1H3. The van der Waals surface area contributed by atoms with E-state index in [1.807, 2.05) is 12.1 Å². The van der Waals surface area contributed by atoms with Gasteiger partial charge >= 0.3 is 6.18 Å². The van der Waals surface area contributed by atoms with Gasteiger partial charge in [-0.3, -0.25) is 0 Å². The van der Waals surface area contributed by atoms with Crippen molar-refractivity contribution in [2.75, 3.05) is 0 Å². The lowest BCUT2D eigenvalue weighted by molar-refractivity contribution is -0.137. The molecule has 0 saturated carbocycles. The molecule has 1 aliphatic carbocycles. The number of hydrogen-bond acceptors (Lipinski definition) is 3. The highest BCUT2D eigenvalue weighted by molar-refractivity contribution is 7.11. The third-order valence-electron chi connectivity index (χ3n) is 4.03. The van der Waals surface area contributed by atoms with Crippen LogP contribution < -0.4 is 0 Å². The molecule has 1 aliphatic rings. The molecule has 2 nitrogen and oxygen atoms in total. The highest BCUT2D eigenvalue weighted by Gasteiger charge is 2.42. The summed E-state index contributed by atoms with van der Waals surface area (Å²) in [5.74, 6) is 0.288. The molecule has 1 N–H and O–H groups in total. The van der Waals surface area contributed by atoms with Crippen LogP contribution in [0.15, 0.2) is 30.5 Å². The molecule has 0 amide bonds. The Morgan fingerprint density at radius 2 is 2.05 bits per heavy atom. The number of thiazole rings is 1. The van der Waals surface area contributed by atoms with Crippen molar-refractivity contribution in [1.29, 1.82) is 0 Å². The summed E-state index contributed by atoms with van der Waals surface area (Å²) in [6.07, 6.45) is -2.18. The van der Waals surface area contributed by atoms with Crippen LogP contribution in [0.4, 0.5) is 13.2 Å². The molecule has 2 unspecified atom stereocenters. The van der Waals surface area contributed by atoms with Crippen molar-refractivity contribution in [1.82, 2.24) is 4.98 Å². The van der Waals surface area contributed by atoms with E-state index in [1.165, 1.54) is 0 Å². The number of halogens is 3. The number of nitrogens with zero attached hydrogens (tertiary/aromatic N) is 1. The maximum absolute atomic E-state index is 12.7. The molecule has 0 fully saturated rings. The molecular formula is C15H14F3NOS. The fourth-order valence-corrected chi connectivity index (χ4v) is 3.79. The van der Waals surface area contributed by atoms with E-state index in [1.54, 1.807) is 12.1 Å². The maximum Gasteiger partial charge on any atom is 0.443 e. The van der Waals surface area contributed by atoms with Crippen molar-refractivity contribution in [2.45, 2.75) is 37.5 Å². The predicted octanol–water partition coefficient (Wildman–Crippen LogP) is 4.30. The first-order valence-corrected chi connectivity index (χ1v) is 7.49. The summed E-state index contributed by atoms with van der Waals surface area (Å²) in [6, 6.07) is 7.40. The highest BCUT2D eigenvalue weighted by Crippen LogP contribution is 2.47. The lowest BCUT2D eigenvalue weighted by atomic mass is 9.74.